The Bertz CT molecular complexity index is 1350. The molecule has 0 unspecified atom stereocenters. The predicted molar refractivity (Wildman–Crippen MR) is 120 cm³/mol. The number of rotatable bonds is 6. The summed E-state index contributed by atoms with van der Waals surface area (Å²) in [6.07, 6.45) is 2.77. The van der Waals surface area contributed by atoms with Gasteiger partial charge in [-0.2, -0.15) is 4.31 Å². The van der Waals surface area contributed by atoms with E-state index in [1.54, 1.807) is 6.07 Å². The lowest BCUT2D eigenvalue weighted by molar-refractivity contribution is 0.0464. The molecule has 0 radical (unpaired) electrons. The number of carbonyl (C=O) groups is 1. The molecule has 1 fully saturated rings. The number of carbonyl (C=O) groups excluding carboxylic acids is 1. The van der Waals surface area contributed by atoms with Crippen molar-refractivity contribution in [2.24, 2.45) is 0 Å². The number of sulfonamides is 1. The third-order valence-electron chi connectivity index (χ3n) is 5.62. The van der Waals surface area contributed by atoms with Crippen LogP contribution in [-0.4, -0.2) is 36.9 Å². The fourth-order valence-corrected chi connectivity index (χ4v) is 5.36. The Balaban J connectivity index is 1.22. The SMILES string of the molecule is O=C(OCc1cc(-c2cc3ccccc3o2)on1)c1ccc(S(=O)(=O)N2CCCCC2)cc1. The van der Waals surface area contributed by atoms with E-state index in [0.29, 0.717) is 30.3 Å². The third-order valence-corrected chi connectivity index (χ3v) is 7.53. The summed E-state index contributed by atoms with van der Waals surface area (Å²) in [5.41, 5.74) is 1.43. The Labute approximate surface area is 190 Å². The zero-order valence-electron chi connectivity index (χ0n) is 17.8. The summed E-state index contributed by atoms with van der Waals surface area (Å²) in [4.78, 5) is 12.6. The van der Waals surface area contributed by atoms with Crippen molar-refractivity contribution in [3.63, 3.8) is 0 Å². The van der Waals surface area contributed by atoms with Crippen molar-refractivity contribution in [3.05, 3.63) is 71.9 Å². The number of esters is 1. The van der Waals surface area contributed by atoms with Crippen LogP contribution in [0.1, 0.15) is 35.3 Å². The first kappa shape index (κ1) is 21.4. The summed E-state index contributed by atoms with van der Waals surface area (Å²) in [6.45, 7) is 0.968. The van der Waals surface area contributed by atoms with Gasteiger partial charge in [-0.25, -0.2) is 13.2 Å². The molecule has 1 saturated heterocycles. The van der Waals surface area contributed by atoms with Crippen LogP contribution in [0.2, 0.25) is 0 Å². The molecule has 9 heteroatoms. The molecule has 0 N–H and O–H groups in total. The molecule has 170 valence electrons. The second-order valence-corrected chi connectivity index (χ2v) is 9.83. The maximum atomic E-state index is 12.7. The molecule has 33 heavy (non-hydrogen) atoms. The van der Waals surface area contributed by atoms with Gasteiger partial charge in [-0.1, -0.05) is 29.8 Å². The van der Waals surface area contributed by atoms with Gasteiger partial charge in [0, 0.05) is 24.5 Å². The number of hydrogen-bond donors (Lipinski definition) is 0. The van der Waals surface area contributed by atoms with Crippen LogP contribution < -0.4 is 0 Å². The van der Waals surface area contributed by atoms with E-state index in [9.17, 15) is 13.2 Å². The quantitative estimate of drug-likeness (QED) is 0.382. The number of furan rings is 1. The van der Waals surface area contributed by atoms with Crippen LogP contribution in [-0.2, 0) is 21.4 Å². The van der Waals surface area contributed by atoms with Gasteiger partial charge < -0.3 is 13.7 Å². The summed E-state index contributed by atoms with van der Waals surface area (Å²) in [6, 6.07) is 16.9. The molecule has 4 aromatic rings. The van der Waals surface area contributed by atoms with E-state index in [-0.39, 0.29) is 17.1 Å². The van der Waals surface area contributed by atoms with Crippen molar-refractivity contribution in [1.29, 1.82) is 0 Å². The lowest BCUT2D eigenvalue weighted by Gasteiger charge is -2.25. The molecule has 0 bridgehead atoms. The number of para-hydroxylation sites is 1. The molecule has 0 aliphatic carbocycles. The topological polar surface area (TPSA) is 103 Å². The fourth-order valence-electron chi connectivity index (χ4n) is 3.84. The average Bonchev–Trinajstić information content (AvgIpc) is 3.50. The lowest BCUT2D eigenvalue weighted by atomic mass is 10.2. The first-order valence-electron chi connectivity index (χ1n) is 10.7. The van der Waals surface area contributed by atoms with Gasteiger partial charge >= 0.3 is 5.97 Å². The number of aromatic nitrogens is 1. The average molecular weight is 467 g/mol. The van der Waals surface area contributed by atoms with Crippen LogP contribution in [0, 0.1) is 0 Å². The Kier molecular flexibility index (Phi) is 5.74. The molecule has 2 aromatic heterocycles. The van der Waals surface area contributed by atoms with Crippen LogP contribution in [0.3, 0.4) is 0 Å². The smallest absolute Gasteiger partial charge is 0.338 e. The van der Waals surface area contributed by atoms with Gasteiger partial charge in [0.25, 0.3) is 0 Å². The predicted octanol–water partition coefficient (Wildman–Crippen LogP) is 4.62. The number of ether oxygens (including phenoxy) is 1. The van der Waals surface area contributed by atoms with E-state index < -0.39 is 16.0 Å². The van der Waals surface area contributed by atoms with Gasteiger partial charge in [-0.15, -0.1) is 0 Å². The molecular formula is C24H22N2O6S. The summed E-state index contributed by atoms with van der Waals surface area (Å²) in [5.74, 6) is 0.390. The highest BCUT2D eigenvalue weighted by molar-refractivity contribution is 7.89. The summed E-state index contributed by atoms with van der Waals surface area (Å²) < 4.78 is 43.4. The zero-order valence-corrected chi connectivity index (χ0v) is 18.6. The lowest BCUT2D eigenvalue weighted by Crippen LogP contribution is -2.35. The van der Waals surface area contributed by atoms with Crippen molar-refractivity contribution in [2.45, 2.75) is 30.8 Å². The maximum absolute atomic E-state index is 12.7. The van der Waals surface area contributed by atoms with Crippen molar-refractivity contribution in [1.82, 2.24) is 9.46 Å². The van der Waals surface area contributed by atoms with Crippen molar-refractivity contribution < 1.29 is 26.9 Å². The standard InChI is InChI=1S/C24H22N2O6S/c27-24(17-8-10-20(11-9-17)33(28,29)26-12-4-1-5-13-26)30-16-19-15-23(32-25-19)22-14-18-6-2-3-7-21(18)31-22/h2-3,6-11,14-15H,1,4-5,12-13,16H2. The number of piperidine rings is 1. The minimum atomic E-state index is -3.54. The van der Waals surface area contributed by atoms with Crippen LogP contribution in [0.25, 0.3) is 22.5 Å². The summed E-state index contributed by atoms with van der Waals surface area (Å²) in [7, 11) is -3.54. The molecule has 0 atom stereocenters. The summed E-state index contributed by atoms with van der Waals surface area (Å²) >= 11 is 0. The molecule has 1 aliphatic rings. The van der Waals surface area contributed by atoms with Crippen molar-refractivity contribution in [2.75, 3.05) is 13.1 Å². The molecule has 3 heterocycles. The van der Waals surface area contributed by atoms with Crippen molar-refractivity contribution >= 4 is 27.0 Å². The van der Waals surface area contributed by atoms with Crippen LogP contribution in [0.4, 0.5) is 0 Å². The molecule has 2 aromatic carbocycles. The highest BCUT2D eigenvalue weighted by atomic mass is 32.2. The second kappa shape index (κ2) is 8.84. The van der Waals surface area contributed by atoms with Crippen LogP contribution >= 0.6 is 0 Å². The van der Waals surface area contributed by atoms with Gasteiger partial charge in [0.1, 0.15) is 17.9 Å². The maximum Gasteiger partial charge on any atom is 0.338 e. The van der Waals surface area contributed by atoms with E-state index in [0.717, 1.165) is 30.2 Å². The van der Waals surface area contributed by atoms with Gasteiger partial charge in [0.05, 0.1) is 10.5 Å². The van der Waals surface area contributed by atoms with Crippen molar-refractivity contribution in [3.8, 4) is 11.5 Å². The van der Waals surface area contributed by atoms with E-state index in [1.807, 2.05) is 30.3 Å². The number of hydrogen-bond acceptors (Lipinski definition) is 7. The van der Waals surface area contributed by atoms with E-state index in [4.69, 9.17) is 13.7 Å². The number of fused-ring (bicyclic) bond motifs is 1. The molecule has 0 amide bonds. The van der Waals surface area contributed by atoms with E-state index >= 15 is 0 Å². The fraction of sp³-hybridized carbons (Fsp3) is 0.250. The van der Waals surface area contributed by atoms with Gasteiger partial charge in [-0.05, 0) is 49.2 Å². The molecule has 5 rings (SSSR count). The monoisotopic (exact) mass is 466 g/mol. The Hall–Kier alpha value is -3.43. The van der Waals surface area contributed by atoms with Gasteiger partial charge in [0.2, 0.25) is 15.8 Å². The largest absolute Gasteiger partial charge is 0.455 e. The first-order chi connectivity index (χ1) is 16.0. The van der Waals surface area contributed by atoms with Crippen LogP contribution in [0.15, 0.2) is 74.5 Å². The molecule has 0 spiro atoms. The van der Waals surface area contributed by atoms with Crippen LogP contribution in [0.5, 0.6) is 0 Å². The zero-order chi connectivity index (χ0) is 22.8. The number of nitrogens with zero attached hydrogens (tertiary/aromatic N) is 2. The summed E-state index contributed by atoms with van der Waals surface area (Å²) in [5, 5.41) is 4.88. The Morgan fingerprint density at radius 1 is 0.970 bits per heavy atom. The minimum Gasteiger partial charge on any atom is -0.455 e. The molecule has 1 aliphatic heterocycles. The number of benzene rings is 2. The van der Waals surface area contributed by atoms with E-state index in [1.165, 1.54) is 28.6 Å². The highest BCUT2D eigenvalue weighted by Gasteiger charge is 2.26. The van der Waals surface area contributed by atoms with Gasteiger partial charge in [0.15, 0.2) is 5.76 Å². The normalized spacial score (nSPS) is 15.0. The Morgan fingerprint density at radius 2 is 1.73 bits per heavy atom. The molecular weight excluding hydrogens is 444 g/mol. The van der Waals surface area contributed by atoms with E-state index in [2.05, 4.69) is 5.16 Å². The molecule has 0 saturated carbocycles. The van der Waals surface area contributed by atoms with Gasteiger partial charge in [-0.3, -0.25) is 0 Å². The highest BCUT2D eigenvalue weighted by Crippen LogP contribution is 2.28. The Morgan fingerprint density at radius 3 is 2.48 bits per heavy atom. The minimum absolute atomic E-state index is 0.0869. The first-order valence-corrected chi connectivity index (χ1v) is 12.2. The third kappa shape index (κ3) is 4.42. The molecule has 8 nitrogen and oxygen atoms in total. The second-order valence-electron chi connectivity index (χ2n) is 7.90.